The van der Waals surface area contributed by atoms with E-state index in [4.69, 9.17) is 18.9 Å². The van der Waals surface area contributed by atoms with Gasteiger partial charge >= 0.3 is 11.9 Å². The molecule has 9 nitrogen and oxygen atoms in total. The fourth-order valence-corrected chi connectivity index (χ4v) is 5.51. The first-order chi connectivity index (χ1) is 21.9. The maximum Gasteiger partial charge on any atom is 0.333 e. The van der Waals surface area contributed by atoms with E-state index in [2.05, 4.69) is 27.0 Å². The molecule has 0 aliphatic rings. The van der Waals surface area contributed by atoms with E-state index >= 15 is 0 Å². The molecule has 3 aromatic rings. The van der Waals surface area contributed by atoms with Gasteiger partial charge in [-0.2, -0.15) is 8.42 Å². The van der Waals surface area contributed by atoms with E-state index in [1.807, 2.05) is 24.3 Å². The molecule has 0 saturated carbocycles. The molecule has 2 unspecified atom stereocenters. The molecule has 0 bridgehead atoms. The van der Waals surface area contributed by atoms with Gasteiger partial charge in [0.1, 0.15) is 36.9 Å². The van der Waals surface area contributed by atoms with Gasteiger partial charge in [-0.05, 0) is 57.7 Å². The number of unbranched alkanes of at least 4 members (excludes halogenated alkanes) is 4. The first-order valence-corrected chi connectivity index (χ1v) is 17.3. The Morgan fingerprint density at radius 1 is 0.717 bits per heavy atom. The Bertz CT molecular complexity index is 1660. The summed E-state index contributed by atoms with van der Waals surface area (Å²) in [5.41, 5.74) is 0.565. The number of ether oxygens (including phenoxy) is 4. The van der Waals surface area contributed by atoms with Crippen LogP contribution in [0.25, 0.3) is 21.5 Å². The maximum atomic E-state index is 12.4. The summed E-state index contributed by atoms with van der Waals surface area (Å²) in [5, 5.41) is 2.21. The molecule has 0 radical (unpaired) electrons. The number of benzene rings is 3. The number of hydrogen-bond acceptors (Lipinski definition) is 8. The van der Waals surface area contributed by atoms with E-state index in [1.54, 1.807) is 19.9 Å². The summed E-state index contributed by atoms with van der Waals surface area (Å²) < 4.78 is 58.5. The lowest BCUT2D eigenvalue weighted by molar-refractivity contribution is -0.147. The molecule has 0 heterocycles. The summed E-state index contributed by atoms with van der Waals surface area (Å²) in [5.74, 6) is -0.219. The third-order valence-corrected chi connectivity index (χ3v) is 8.37. The van der Waals surface area contributed by atoms with Gasteiger partial charge in [-0.1, -0.05) is 77.0 Å². The van der Waals surface area contributed by atoms with Crippen LogP contribution in [0.4, 0.5) is 0 Å². The fraction of sp³-hybridized carbons (Fsp3) is 0.444. The normalized spacial score (nSPS) is 12.8. The quantitative estimate of drug-likeness (QED) is 0.0448. The number of carbonyl (C=O) groups is 2. The van der Waals surface area contributed by atoms with Crippen molar-refractivity contribution in [1.82, 2.24) is 0 Å². The molecule has 0 amide bonds. The molecule has 0 saturated heterocycles. The van der Waals surface area contributed by atoms with Crippen molar-refractivity contribution in [2.45, 2.75) is 96.2 Å². The van der Waals surface area contributed by atoms with Gasteiger partial charge in [-0.25, -0.2) is 9.59 Å². The summed E-state index contributed by atoms with van der Waals surface area (Å²) in [6.07, 6.45) is 5.64. The Hall–Kier alpha value is -3.89. The minimum Gasteiger partial charge on any atom is -0.488 e. The lowest BCUT2D eigenvalue weighted by atomic mass is 10.0. The van der Waals surface area contributed by atoms with Crippen LogP contribution in [0.5, 0.6) is 11.5 Å². The van der Waals surface area contributed by atoms with Crippen molar-refractivity contribution in [3.05, 3.63) is 66.8 Å². The Kier molecular flexibility index (Phi) is 13.6. The molecule has 0 aliphatic carbocycles. The number of rotatable bonds is 19. The van der Waals surface area contributed by atoms with Gasteiger partial charge in [-0.15, -0.1) is 0 Å². The highest BCUT2D eigenvalue weighted by atomic mass is 32.2. The molecule has 3 aromatic carbocycles. The number of fused-ring (bicyclic) bond motifs is 2. The SMILES string of the molecule is C=C(C)C(=O)OC(CCCCC)COc1c2ccccc2c(OCC(CCCCC)OC(=O)C(=C)C)c2cc(S(=O)(=O)O)ccc12. The van der Waals surface area contributed by atoms with Gasteiger partial charge in [0, 0.05) is 32.7 Å². The van der Waals surface area contributed by atoms with Gasteiger partial charge in [-0.3, -0.25) is 4.55 Å². The van der Waals surface area contributed by atoms with Crippen molar-refractivity contribution >= 4 is 43.6 Å². The third kappa shape index (κ3) is 10.1. The van der Waals surface area contributed by atoms with E-state index < -0.39 is 34.3 Å². The van der Waals surface area contributed by atoms with Crippen molar-refractivity contribution in [2.24, 2.45) is 0 Å². The first-order valence-electron chi connectivity index (χ1n) is 15.8. The monoisotopic (exact) mass is 654 g/mol. The van der Waals surface area contributed by atoms with Gasteiger partial charge in [0.05, 0.1) is 4.90 Å². The van der Waals surface area contributed by atoms with Crippen molar-refractivity contribution in [3.8, 4) is 11.5 Å². The zero-order valence-corrected chi connectivity index (χ0v) is 28.1. The highest BCUT2D eigenvalue weighted by molar-refractivity contribution is 7.85. The van der Waals surface area contributed by atoms with Crippen LogP contribution >= 0.6 is 0 Å². The number of carbonyl (C=O) groups excluding carboxylic acids is 2. The molecule has 46 heavy (non-hydrogen) atoms. The molecule has 0 aliphatic heterocycles. The lowest BCUT2D eigenvalue weighted by Gasteiger charge is -2.23. The fourth-order valence-electron chi connectivity index (χ4n) is 5.00. The van der Waals surface area contributed by atoms with Crippen LogP contribution in [0.2, 0.25) is 0 Å². The Morgan fingerprint density at radius 2 is 1.15 bits per heavy atom. The second-order valence-electron chi connectivity index (χ2n) is 11.6. The summed E-state index contributed by atoms with van der Waals surface area (Å²) in [6, 6.07) is 11.5. The summed E-state index contributed by atoms with van der Waals surface area (Å²) in [7, 11) is -4.55. The molecule has 2 atom stereocenters. The van der Waals surface area contributed by atoms with Crippen LogP contribution in [0.1, 0.15) is 79.1 Å². The minimum atomic E-state index is -4.55. The second-order valence-corrected chi connectivity index (χ2v) is 13.0. The minimum absolute atomic E-state index is 0.00843. The van der Waals surface area contributed by atoms with Gasteiger partial charge in [0.15, 0.2) is 0 Å². The van der Waals surface area contributed by atoms with Crippen LogP contribution < -0.4 is 9.47 Å². The summed E-state index contributed by atoms with van der Waals surface area (Å²) >= 11 is 0. The molecule has 250 valence electrons. The number of hydrogen-bond donors (Lipinski definition) is 1. The molecular formula is C36H46O9S. The predicted octanol–water partition coefficient (Wildman–Crippen LogP) is 8.13. The second kappa shape index (κ2) is 17.1. The molecule has 0 aromatic heterocycles. The Morgan fingerprint density at radius 3 is 1.57 bits per heavy atom. The van der Waals surface area contributed by atoms with E-state index in [-0.39, 0.29) is 29.3 Å². The first kappa shape index (κ1) is 36.6. The summed E-state index contributed by atoms with van der Waals surface area (Å²) in [6.45, 7) is 14.8. The topological polar surface area (TPSA) is 125 Å². The Labute approximate surface area is 272 Å². The number of esters is 2. The van der Waals surface area contributed by atoms with Gasteiger partial charge < -0.3 is 18.9 Å². The van der Waals surface area contributed by atoms with Crippen molar-refractivity contribution < 1.29 is 41.5 Å². The van der Waals surface area contributed by atoms with Crippen LogP contribution in [0, 0.1) is 0 Å². The molecule has 0 spiro atoms. The lowest BCUT2D eigenvalue weighted by Crippen LogP contribution is -2.26. The van der Waals surface area contributed by atoms with Gasteiger partial charge in [0.2, 0.25) is 0 Å². The van der Waals surface area contributed by atoms with Crippen molar-refractivity contribution in [3.63, 3.8) is 0 Å². The van der Waals surface area contributed by atoms with E-state index in [0.29, 0.717) is 45.9 Å². The average Bonchev–Trinajstić information content (AvgIpc) is 3.01. The maximum absolute atomic E-state index is 12.4. The zero-order valence-electron chi connectivity index (χ0n) is 27.3. The molecule has 1 N–H and O–H groups in total. The highest BCUT2D eigenvalue weighted by Gasteiger charge is 2.23. The molecule has 0 fully saturated rings. The van der Waals surface area contributed by atoms with Gasteiger partial charge in [0.25, 0.3) is 10.1 Å². The van der Waals surface area contributed by atoms with Crippen molar-refractivity contribution in [1.29, 1.82) is 0 Å². The highest BCUT2D eigenvalue weighted by Crippen LogP contribution is 2.44. The molecular weight excluding hydrogens is 608 g/mol. The molecule has 10 heteroatoms. The summed E-state index contributed by atoms with van der Waals surface area (Å²) in [4.78, 5) is 24.5. The predicted molar refractivity (Wildman–Crippen MR) is 180 cm³/mol. The largest absolute Gasteiger partial charge is 0.488 e. The smallest absolute Gasteiger partial charge is 0.333 e. The van der Waals surface area contributed by atoms with E-state index in [1.165, 1.54) is 12.1 Å². The van der Waals surface area contributed by atoms with Crippen LogP contribution in [-0.2, 0) is 29.2 Å². The van der Waals surface area contributed by atoms with Crippen LogP contribution in [-0.4, -0.2) is 50.3 Å². The third-order valence-electron chi connectivity index (χ3n) is 7.53. The van der Waals surface area contributed by atoms with E-state index in [0.717, 1.165) is 38.5 Å². The van der Waals surface area contributed by atoms with Crippen molar-refractivity contribution in [2.75, 3.05) is 13.2 Å². The molecule has 3 rings (SSSR count). The Balaban J connectivity index is 2.10. The van der Waals surface area contributed by atoms with Crippen LogP contribution in [0.15, 0.2) is 71.7 Å². The standard InChI is InChI=1S/C36H46O9S/c1-7-9-11-15-26(44-35(37)24(3)4)22-42-33-29-17-13-14-18-30(29)34(32-21-28(46(39,40)41)19-20-31(32)33)43-23-27(16-12-10-8-2)45-36(38)25(5)6/h13-14,17-21,26-27H,3,5,7-12,15-16,22-23H2,1-2,4,6H3,(H,39,40,41). The zero-order chi connectivity index (χ0) is 33.9. The van der Waals surface area contributed by atoms with E-state index in [9.17, 15) is 22.6 Å². The van der Waals surface area contributed by atoms with Crippen LogP contribution in [0.3, 0.4) is 0 Å². The average molecular weight is 655 g/mol.